The zero-order valence-electron chi connectivity index (χ0n) is 91.6. The van der Waals surface area contributed by atoms with E-state index in [4.69, 9.17) is 60.8 Å². The van der Waals surface area contributed by atoms with Gasteiger partial charge in [0.05, 0.1) is 102 Å². The standard InChI is InChI=1S/3C24H31FN6O4S/c3*1-3-8-36-24-27-22(26-16-10-14(16)13-5-4-12(2)15(25)9-13)19-23(28-24)31(30-29-19)17-11-18(35-7-6-32)21(34)20(17)33/h3*4-5,9,14,16-18,20-21,32-34H,3,6-8,10-11H2,1-2H3,(H,26,27,28)/t3*14-,16+,17+,18-,20-,21+/m000/s1/i7D2,8D2,11D2,14D,16D,17D,18D,20D,21D;6D2,8D2,11D2,14D,16D,17D,18D,20D,21D;8D2,11D2,14D,16D,17D,18D,20D,21D. The van der Waals surface area contributed by atoms with Gasteiger partial charge in [-0.1, -0.05) is 108 Å². The van der Waals surface area contributed by atoms with Crippen LogP contribution in [-0.2, 0) is 14.2 Å². The van der Waals surface area contributed by atoms with Crippen LogP contribution in [0.5, 0.6) is 0 Å². The molecule has 0 radical (unpaired) electrons. The molecule has 12 N–H and O–H groups in total. The summed E-state index contributed by atoms with van der Waals surface area (Å²) >= 11 is 1.38. The SMILES string of the molecule is [2H]C([2H])(CC)Sc1nc(N[C@]2([2H])C[C@@]2([2H])c2ccc(C)c(F)c2)c2nnn([C@]3([2H])C([2H])([2H])[C@]([2H])(OCCO)[C@@]([2H])(O)[C@@]3([2H])O)c2n1.[2H]C([2H])(CO)O[C@@]1([2H])C([2H])([2H])[C@@]([2H])(n2nnc3c(N[C@]4([2H])C[C@@]4([2H])c4ccc(C)c(F)c4)nc(SC([2H])([2H])CC)nc32)[C@]([2H])(O)[C@]1([2H])O.[2H]C([2H])(O)CO[C@@]1([2H])C([2H])([2H])[C@@]([2H])(n2nnc3c(N[C@]4([2H])C[C@@]4([2H])c4ccc(C)c(F)c4)nc(SC([2H])([2H])CC)nc32)[C@]([2H])(O)[C@]1([2H])O. The maximum atomic E-state index is 14.4. The fourth-order valence-electron chi connectivity index (χ4n) is 10.4. The van der Waals surface area contributed by atoms with Gasteiger partial charge in [-0.25, -0.2) is 57.1 Å². The Hall–Kier alpha value is -7.14. The van der Waals surface area contributed by atoms with Crippen molar-refractivity contribution in [3.63, 3.8) is 0 Å². The van der Waals surface area contributed by atoms with E-state index < -0.39 is 257 Å². The number of aliphatic hydroxyl groups excluding tert-OH is 2. The molecule has 15 rings (SSSR count). The van der Waals surface area contributed by atoms with Crippen molar-refractivity contribution in [2.45, 2.75) is 223 Å². The van der Waals surface area contributed by atoms with Crippen LogP contribution in [0.2, 0.25) is 0 Å². The Morgan fingerprint density at radius 3 is 1.09 bits per heavy atom. The van der Waals surface area contributed by atoms with E-state index in [-0.39, 0.29) is 80.2 Å². The minimum atomic E-state index is -4.16. The number of benzene rings is 3. The lowest BCUT2D eigenvalue weighted by Gasteiger charge is -2.17. The molecule has 6 saturated carbocycles. The topological polar surface area (TPSA) is 415 Å². The molecule has 0 bridgehead atoms. The van der Waals surface area contributed by atoms with Gasteiger partial charge in [0.1, 0.15) is 53.9 Å². The van der Waals surface area contributed by atoms with E-state index in [1.165, 1.54) is 71.0 Å². The number of anilines is 3. The van der Waals surface area contributed by atoms with E-state index in [1.807, 2.05) is 0 Å². The normalized spacial score (nSPS) is 46.5. The first kappa shape index (κ1) is 46.6. The lowest BCUT2D eigenvalue weighted by molar-refractivity contribution is -0.0629. The quantitative estimate of drug-likeness (QED) is 0.0168. The first-order valence-corrected chi connectivity index (χ1v) is 35.2. The first-order chi connectivity index (χ1) is 64.4. The van der Waals surface area contributed by atoms with Gasteiger partial charge in [0.25, 0.3) is 0 Å². The number of nitrogens with one attached hydrogen (secondary N) is 3. The minimum Gasteiger partial charge on any atom is -0.394 e. The zero-order chi connectivity index (χ0) is 107. The third kappa shape index (κ3) is 17.5. The van der Waals surface area contributed by atoms with Crippen molar-refractivity contribution in [1.82, 2.24) is 74.9 Å². The molecule has 6 fully saturated rings. The van der Waals surface area contributed by atoms with Gasteiger partial charge >= 0.3 is 0 Å². The van der Waals surface area contributed by atoms with Crippen LogP contribution in [0.4, 0.5) is 30.6 Å². The molecule has 0 unspecified atom stereocenters. The fourth-order valence-corrected chi connectivity index (χ4v) is 12.1. The molecular weight excluding hydrogens is 1460 g/mol. The highest BCUT2D eigenvalue weighted by atomic mass is 32.2. The molecule has 18 atom stereocenters. The highest BCUT2D eigenvalue weighted by Gasteiger charge is 2.49. The molecule has 9 aromatic rings. The molecule has 6 aliphatic rings. The van der Waals surface area contributed by atoms with Gasteiger partial charge in [-0.3, -0.25) is 0 Å². The summed E-state index contributed by atoms with van der Waals surface area (Å²) in [5.41, 5.74) is -7.99. The van der Waals surface area contributed by atoms with Gasteiger partial charge in [0, 0.05) is 92.5 Å². The number of rotatable bonds is 30. The monoisotopic (exact) mass is 1590 g/mol. The first-order valence-electron chi connectivity index (χ1n) is 49.8. The van der Waals surface area contributed by atoms with Crippen molar-refractivity contribution >= 4 is 86.2 Å². The van der Waals surface area contributed by atoms with Gasteiger partial charge in [-0.15, -0.1) is 15.3 Å². The second-order valence-corrected chi connectivity index (χ2v) is 26.1. The van der Waals surface area contributed by atoms with Crippen molar-refractivity contribution in [1.29, 1.82) is 0 Å². The van der Waals surface area contributed by atoms with Crippen molar-refractivity contribution in [3.05, 3.63) is 105 Å². The number of hydrogen-bond donors (Lipinski definition) is 12. The van der Waals surface area contributed by atoms with Crippen LogP contribution in [0.3, 0.4) is 0 Å². The third-order valence-corrected chi connectivity index (χ3v) is 18.5. The lowest BCUT2D eigenvalue weighted by atomic mass is 10.1. The van der Waals surface area contributed by atoms with Gasteiger partial charge in [0.2, 0.25) is 0 Å². The predicted octanol–water partition coefficient (Wildman–Crippen LogP) is 6.55. The second kappa shape index (κ2) is 35.1. The molecule has 0 aliphatic heterocycles. The molecule has 108 heavy (non-hydrogen) atoms. The number of halogens is 3. The summed E-state index contributed by atoms with van der Waals surface area (Å²) in [5, 5.41) is 124. The van der Waals surface area contributed by atoms with Crippen molar-refractivity contribution < 1.29 is 120 Å². The maximum Gasteiger partial charge on any atom is 0.191 e. The molecule has 6 heterocycles. The van der Waals surface area contributed by atoms with E-state index >= 15 is 0 Å². The van der Waals surface area contributed by atoms with Crippen LogP contribution in [-0.4, -0.2) is 250 Å². The Kier molecular flexibility index (Phi) is 15.1. The molecule has 3 aromatic carbocycles. The number of aryl methyl sites for hydroxylation is 3. The predicted molar refractivity (Wildman–Crippen MR) is 398 cm³/mol. The molecular formula is C72H93F3N18O12S3. The van der Waals surface area contributed by atoms with E-state index in [0.717, 1.165) is 18.2 Å². The summed E-state index contributed by atoms with van der Waals surface area (Å²) in [5.74, 6) is -8.09. The smallest absolute Gasteiger partial charge is 0.191 e. The molecule has 0 amide bonds. The molecule has 582 valence electrons. The number of aromatic nitrogens is 15. The molecule has 6 aromatic heterocycles. The summed E-state index contributed by atoms with van der Waals surface area (Å²) in [6, 6.07) is -4.70. The van der Waals surface area contributed by atoms with E-state index in [0.29, 0.717) is 52.0 Å². The van der Waals surface area contributed by atoms with Gasteiger partial charge < -0.3 is 76.1 Å². The average molecular weight is 1590 g/mol. The van der Waals surface area contributed by atoms with Gasteiger partial charge in [0.15, 0.2) is 66.4 Å². The largest absolute Gasteiger partial charge is 0.394 e. The summed E-state index contributed by atoms with van der Waals surface area (Å²) in [6.07, 6.45) is -47.9. The van der Waals surface area contributed by atoms with Crippen LogP contribution in [0.25, 0.3) is 33.5 Å². The van der Waals surface area contributed by atoms with Crippen LogP contribution >= 0.6 is 35.3 Å². The van der Waals surface area contributed by atoms with Crippen molar-refractivity contribution in [2.75, 3.05) is 72.6 Å². The molecule has 0 spiro atoms. The Labute approximate surface area is 681 Å². The molecule has 6 aliphatic carbocycles. The van der Waals surface area contributed by atoms with Crippen LogP contribution in [0, 0.1) is 38.2 Å². The zero-order valence-corrected chi connectivity index (χ0v) is 60.0. The average Bonchev–Trinajstić information content (AvgIpc) is 1.46. The minimum absolute atomic E-state index is 0.0383. The van der Waals surface area contributed by atoms with E-state index in [2.05, 4.69) is 76.8 Å². The van der Waals surface area contributed by atoms with Crippen molar-refractivity contribution in [2.24, 2.45) is 0 Å². The fraction of sp³-hybridized carbons (Fsp3) is 0.583. The molecule has 30 nitrogen and oxygen atoms in total. The molecule has 0 saturated heterocycles. The molecule has 36 heteroatoms. The number of fused-ring (bicyclic) bond motifs is 3. The maximum absolute atomic E-state index is 14.4. The summed E-state index contributed by atoms with van der Waals surface area (Å²) < 4.78 is 346. The van der Waals surface area contributed by atoms with Crippen LogP contribution in [0.15, 0.2) is 70.1 Å². The van der Waals surface area contributed by atoms with Crippen LogP contribution in [0.1, 0.15) is 194 Å². The highest BCUT2D eigenvalue weighted by molar-refractivity contribution is 7.99. The summed E-state index contributed by atoms with van der Waals surface area (Å²) in [4.78, 5) is 25.1. The number of ether oxygens (including phenoxy) is 3. The summed E-state index contributed by atoms with van der Waals surface area (Å²) in [6.45, 7) is -2.08. The van der Waals surface area contributed by atoms with E-state index in [1.54, 1.807) is 6.92 Å². The highest BCUT2D eigenvalue weighted by Crippen LogP contribution is 2.48. The third-order valence-electron chi connectivity index (χ3n) is 16.1. The van der Waals surface area contributed by atoms with E-state index in [9.17, 15) is 59.1 Å². The van der Waals surface area contributed by atoms with Crippen molar-refractivity contribution in [3.8, 4) is 0 Å². The van der Waals surface area contributed by atoms with Gasteiger partial charge in [-0.2, -0.15) is 0 Å². The Morgan fingerprint density at radius 1 is 0.472 bits per heavy atom. The lowest BCUT2D eigenvalue weighted by Crippen LogP contribution is -2.33. The summed E-state index contributed by atoms with van der Waals surface area (Å²) in [7, 11) is 0. The number of thioether (sulfide) groups is 3. The Balaban J connectivity index is 0.000000179. The Morgan fingerprint density at radius 2 is 0.796 bits per heavy atom. The van der Waals surface area contributed by atoms with Gasteiger partial charge in [-0.05, 0) is 111 Å². The number of hydrogen-bond acceptors (Lipinski definition) is 30. The number of nitrogens with zero attached hydrogens (tertiary/aromatic N) is 15. The van der Waals surface area contributed by atoms with Crippen LogP contribution < -0.4 is 16.0 Å². The Bertz CT molecular complexity index is 6470. The number of aliphatic hydroxyl groups is 9. The second-order valence-electron chi connectivity index (χ2n) is 23.5.